The van der Waals surface area contributed by atoms with E-state index < -0.39 is 24.4 Å². The first-order valence-corrected chi connectivity index (χ1v) is 8.84. The number of aryl methyl sites for hydroxylation is 1. The summed E-state index contributed by atoms with van der Waals surface area (Å²) in [6.45, 7) is 4.21. The van der Waals surface area contributed by atoms with Gasteiger partial charge in [-0.2, -0.15) is 13.2 Å². The number of carbonyl (C=O) groups is 1. The number of halogens is 3. The highest BCUT2D eigenvalue weighted by Crippen LogP contribution is 2.34. The summed E-state index contributed by atoms with van der Waals surface area (Å²) in [6.07, 6.45) is -4.71. The van der Waals surface area contributed by atoms with Crippen LogP contribution in [0.1, 0.15) is 26.0 Å². The van der Waals surface area contributed by atoms with Gasteiger partial charge in [0, 0.05) is 11.8 Å². The molecular formula is C19H23F3N4O3. The van der Waals surface area contributed by atoms with Crippen LogP contribution in [0.2, 0.25) is 0 Å². The Kier molecular flexibility index (Phi) is 6.68. The molecule has 0 spiro atoms. The summed E-state index contributed by atoms with van der Waals surface area (Å²) >= 11 is 0. The second-order valence-electron chi connectivity index (χ2n) is 7.18. The molecule has 1 atom stereocenters. The third kappa shape index (κ3) is 5.80. The fourth-order valence-corrected chi connectivity index (χ4v) is 2.82. The van der Waals surface area contributed by atoms with Gasteiger partial charge in [-0.15, -0.1) is 0 Å². The first-order chi connectivity index (χ1) is 13.4. The predicted molar refractivity (Wildman–Crippen MR) is 102 cm³/mol. The van der Waals surface area contributed by atoms with E-state index in [1.165, 1.54) is 18.3 Å². The average molecular weight is 412 g/mol. The van der Waals surface area contributed by atoms with E-state index in [1.54, 1.807) is 32.9 Å². The van der Waals surface area contributed by atoms with E-state index in [2.05, 4.69) is 15.3 Å². The number of nitrogens with one attached hydrogen (secondary N) is 1. The minimum absolute atomic E-state index is 0.126. The van der Waals surface area contributed by atoms with Crippen LogP contribution in [-0.4, -0.2) is 39.5 Å². The third-order valence-electron chi connectivity index (χ3n) is 4.15. The van der Waals surface area contributed by atoms with Gasteiger partial charge in [-0.3, -0.25) is 5.32 Å². The van der Waals surface area contributed by atoms with Gasteiger partial charge in [0.15, 0.2) is 0 Å². The van der Waals surface area contributed by atoms with Gasteiger partial charge in [0.1, 0.15) is 23.7 Å². The molecule has 0 saturated heterocycles. The molecule has 1 amide bonds. The van der Waals surface area contributed by atoms with Gasteiger partial charge in [0.2, 0.25) is 0 Å². The smallest absolute Gasteiger partial charge is 0.410 e. The molecule has 0 aliphatic rings. The number of anilines is 1. The summed E-state index contributed by atoms with van der Waals surface area (Å²) in [5, 5.41) is 10.9. The minimum Gasteiger partial charge on any atom is -0.489 e. The number of nitrogens with two attached hydrogens (primary N) is 1. The summed E-state index contributed by atoms with van der Waals surface area (Å²) in [4.78, 5) is 19.0. The van der Waals surface area contributed by atoms with Crippen molar-refractivity contribution >= 4 is 11.9 Å². The summed E-state index contributed by atoms with van der Waals surface area (Å²) < 4.78 is 45.6. The van der Waals surface area contributed by atoms with Crippen LogP contribution in [0.3, 0.4) is 0 Å². The molecule has 29 heavy (non-hydrogen) atoms. The van der Waals surface area contributed by atoms with Crippen LogP contribution < -0.4 is 15.8 Å². The number of amides is 1. The second kappa shape index (κ2) is 8.64. The summed E-state index contributed by atoms with van der Waals surface area (Å²) in [6, 6.07) is 6.20. The highest BCUT2D eigenvalue weighted by molar-refractivity contribution is 5.82. The zero-order valence-electron chi connectivity index (χ0n) is 16.2. The van der Waals surface area contributed by atoms with Gasteiger partial charge in [-0.05, 0) is 43.5 Å². The maximum absolute atomic E-state index is 13.4. The molecule has 2 aromatic rings. The number of hydrogen-bond acceptors (Lipinski definition) is 5. The van der Waals surface area contributed by atoms with Crippen LogP contribution in [0.15, 0.2) is 30.5 Å². The SMILES string of the molecule is Cc1nc(-c2ccnc(NC(=O)O)c2)ccc1OCC(N)(CC(C)C)C(F)(F)F. The van der Waals surface area contributed by atoms with Crippen molar-refractivity contribution in [2.45, 2.75) is 38.9 Å². The van der Waals surface area contributed by atoms with Crippen LogP contribution in [0.25, 0.3) is 11.3 Å². The van der Waals surface area contributed by atoms with Gasteiger partial charge < -0.3 is 15.6 Å². The number of ether oxygens (including phenoxy) is 1. The van der Waals surface area contributed by atoms with E-state index in [4.69, 9.17) is 15.6 Å². The van der Waals surface area contributed by atoms with Crippen LogP contribution in [0.4, 0.5) is 23.8 Å². The molecule has 0 saturated carbocycles. The molecule has 158 valence electrons. The standard InChI is InChI=1S/C19H23F3N4O3/c1-11(2)9-18(23,19(20,21)22)10-29-15-5-4-14(25-12(15)3)13-6-7-24-16(8-13)26-17(27)28/h4-8,11H,9-10,23H2,1-3H3,(H,24,26)(H,27,28). The average Bonchev–Trinajstić information content (AvgIpc) is 2.58. The van der Waals surface area contributed by atoms with Gasteiger partial charge in [-0.25, -0.2) is 14.8 Å². The van der Waals surface area contributed by atoms with E-state index >= 15 is 0 Å². The van der Waals surface area contributed by atoms with Crippen molar-refractivity contribution in [2.24, 2.45) is 11.7 Å². The number of pyridine rings is 2. The summed E-state index contributed by atoms with van der Waals surface area (Å²) in [5.74, 6) is 0.0585. The predicted octanol–water partition coefficient (Wildman–Crippen LogP) is 4.23. The number of alkyl halides is 3. The Morgan fingerprint density at radius 3 is 2.55 bits per heavy atom. The van der Waals surface area contributed by atoms with E-state index in [9.17, 15) is 18.0 Å². The monoisotopic (exact) mass is 412 g/mol. The molecule has 2 rings (SSSR count). The Morgan fingerprint density at radius 2 is 2.00 bits per heavy atom. The molecule has 2 heterocycles. The van der Waals surface area contributed by atoms with Crippen molar-refractivity contribution < 1.29 is 27.8 Å². The van der Waals surface area contributed by atoms with Gasteiger partial charge in [-0.1, -0.05) is 13.8 Å². The number of rotatable bonds is 7. The zero-order chi connectivity index (χ0) is 21.8. The molecule has 4 N–H and O–H groups in total. The van der Waals surface area contributed by atoms with Crippen LogP contribution in [0, 0.1) is 12.8 Å². The number of carboxylic acid groups (broad SMARTS) is 1. The molecule has 10 heteroatoms. The molecule has 0 bridgehead atoms. The van der Waals surface area contributed by atoms with E-state index in [0.717, 1.165) is 0 Å². The quantitative estimate of drug-likeness (QED) is 0.628. The topological polar surface area (TPSA) is 110 Å². The van der Waals surface area contributed by atoms with Crippen molar-refractivity contribution in [2.75, 3.05) is 11.9 Å². The van der Waals surface area contributed by atoms with Crippen LogP contribution >= 0.6 is 0 Å². The zero-order valence-corrected chi connectivity index (χ0v) is 16.2. The molecule has 0 radical (unpaired) electrons. The Balaban J connectivity index is 2.20. The number of aromatic nitrogens is 2. The lowest BCUT2D eigenvalue weighted by molar-refractivity contribution is -0.197. The van der Waals surface area contributed by atoms with Crippen molar-refractivity contribution in [3.8, 4) is 17.0 Å². The van der Waals surface area contributed by atoms with Gasteiger partial charge >= 0.3 is 12.3 Å². The minimum atomic E-state index is -4.61. The molecule has 2 aromatic heterocycles. The number of nitrogens with zero attached hydrogens (tertiary/aromatic N) is 2. The fourth-order valence-electron chi connectivity index (χ4n) is 2.82. The maximum atomic E-state index is 13.4. The third-order valence-corrected chi connectivity index (χ3v) is 4.15. The maximum Gasteiger partial charge on any atom is 0.410 e. The molecule has 0 aromatic carbocycles. The van der Waals surface area contributed by atoms with Gasteiger partial charge in [0.25, 0.3) is 0 Å². The van der Waals surface area contributed by atoms with E-state index in [-0.39, 0.29) is 23.9 Å². The lowest BCUT2D eigenvalue weighted by Crippen LogP contribution is -2.58. The van der Waals surface area contributed by atoms with Crippen molar-refractivity contribution in [1.82, 2.24) is 9.97 Å². The Bertz CT molecular complexity index is 874. The molecule has 0 aliphatic heterocycles. The second-order valence-corrected chi connectivity index (χ2v) is 7.18. The van der Waals surface area contributed by atoms with Gasteiger partial charge in [0.05, 0.1) is 11.4 Å². The lowest BCUT2D eigenvalue weighted by Gasteiger charge is -2.33. The Labute approximate surface area is 166 Å². The molecule has 0 fully saturated rings. The molecule has 7 nitrogen and oxygen atoms in total. The van der Waals surface area contributed by atoms with Crippen molar-refractivity contribution in [3.05, 3.63) is 36.2 Å². The van der Waals surface area contributed by atoms with E-state index in [1.807, 2.05) is 0 Å². The summed E-state index contributed by atoms with van der Waals surface area (Å²) in [5.41, 5.74) is 4.61. The molecule has 0 aliphatic carbocycles. The van der Waals surface area contributed by atoms with Crippen LogP contribution in [-0.2, 0) is 0 Å². The van der Waals surface area contributed by atoms with Crippen molar-refractivity contribution in [1.29, 1.82) is 0 Å². The first kappa shape index (κ1) is 22.4. The number of hydrogen-bond donors (Lipinski definition) is 3. The first-order valence-electron chi connectivity index (χ1n) is 8.84. The highest BCUT2D eigenvalue weighted by atomic mass is 19.4. The largest absolute Gasteiger partial charge is 0.489 e. The summed E-state index contributed by atoms with van der Waals surface area (Å²) in [7, 11) is 0. The molecule has 1 unspecified atom stereocenters. The highest BCUT2D eigenvalue weighted by Gasteiger charge is 2.52. The fraction of sp³-hybridized carbons (Fsp3) is 0.421. The normalized spacial score (nSPS) is 13.8. The van der Waals surface area contributed by atoms with E-state index in [0.29, 0.717) is 17.0 Å². The Hall–Kier alpha value is -2.88. The van der Waals surface area contributed by atoms with Crippen molar-refractivity contribution in [3.63, 3.8) is 0 Å². The lowest BCUT2D eigenvalue weighted by atomic mass is 9.90. The molecular weight excluding hydrogens is 389 g/mol. The Morgan fingerprint density at radius 1 is 1.31 bits per heavy atom. The van der Waals surface area contributed by atoms with Crippen LogP contribution in [0.5, 0.6) is 5.75 Å².